The highest BCUT2D eigenvalue weighted by Gasteiger charge is 2.22. The van der Waals surface area contributed by atoms with Gasteiger partial charge < -0.3 is 21.3 Å². The molecule has 0 aliphatic carbocycles. The number of carbonyl (C=O) groups excluding carboxylic acids is 1. The Hall–Kier alpha value is -1.75. The van der Waals surface area contributed by atoms with Crippen LogP contribution in [0.1, 0.15) is 23.2 Å². The van der Waals surface area contributed by atoms with Gasteiger partial charge in [-0.25, -0.2) is 0 Å². The third-order valence-corrected chi connectivity index (χ3v) is 3.58. The molecule has 0 saturated carbocycles. The second-order valence-electron chi connectivity index (χ2n) is 5.30. The Bertz CT molecular complexity index is 465. The predicted octanol–water partition coefficient (Wildman–Crippen LogP) is 0.898. The number of hydrogen-bond acceptors (Lipinski definition) is 4. The Kier molecular flexibility index (Phi) is 3.95. The van der Waals surface area contributed by atoms with Crippen LogP contribution in [-0.2, 0) is 0 Å². The van der Waals surface area contributed by atoms with Gasteiger partial charge in [-0.3, -0.25) is 4.79 Å². The standard InChI is InChI=1S/C14H22N4O/c1-17(2)13-4-3-10(9-12(13)16)14(19)18-7-5-11(15)6-8-18/h3-4,9,11H,5-8,15-16H2,1-2H3. The van der Waals surface area contributed by atoms with Crippen LogP contribution in [0.3, 0.4) is 0 Å². The highest BCUT2D eigenvalue weighted by Crippen LogP contribution is 2.23. The Labute approximate surface area is 114 Å². The molecule has 104 valence electrons. The Morgan fingerprint density at radius 3 is 2.47 bits per heavy atom. The van der Waals surface area contributed by atoms with Gasteiger partial charge in [0.2, 0.25) is 0 Å². The van der Waals surface area contributed by atoms with Crippen LogP contribution in [0.5, 0.6) is 0 Å². The second-order valence-corrected chi connectivity index (χ2v) is 5.30. The Morgan fingerprint density at radius 2 is 1.95 bits per heavy atom. The van der Waals surface area contributed by atoms with Crippen molar-refractivity contribution < 1.29 is 4.79 Å². The fraction of sp³-hybridized carbons (Fsp3) is 0.500. The minimum absolute atomic E-state index is 0.0453. The molecule has 1 heterocycles. The number of nitrogens with two attached hydrogens (primary N) is 2. The lowest BCUT2D eigenvalue weighted by Crippen LogP contribution is -2.42. The van der Waals surface area contributed by atoms with Gasteiger partial charge in [0, 0.05) is 38.8 Å². The smallest absolute Gasteiger partial charge is 0.253 e. The number of carbonyl (C=O) groups is 1. The fourth-order valence-electron chi connectivity index (χ4n) is 2.38. The van der Waals surface area contributed by atoms with Crippen LogP contribution >= 0.6 is 0 Å². The first kappa shape index (κ1) is 13.7. The molecule has 0 unspecified atom stereocenters. The summed E-state index contributed by atoms with van der Waals surface area (Å²) in [5.41, 5.74) is 14.0. The van der Waals surface area contributed by atoms with Crippen LogP contribution in [-0.4, -0.2) is 44.0 Å². The van der Waals surface area contributed by atoms with Gasteiger partial charge in [0.15, 0.2) is 0 Å². The first-order chi connectivity index (χ1) is 8.99. The molecular formula is C14H22N4O. The minimum Gasteiger partial charge on any atom is -0.397 e. The van der Waals surface area contributed by atoms with Gasteiger partial charge in [0.25, 0.3) is 5.91 Å². The third-order valence-electron chi connectivity index (χ3n) is 3.58. The summed E-state index contributed by atoms with van der Waals surface area (Å²) in [6, 6.07) is 5.71. The number of rotatable bonds is 2. The first-order valence-corrected chi connectivity index (χ1v) is 6.60. The van der Waals surface area contributed by atoms with Crippen LogP contribution in [0.2, 0.25) is 0 Å². The van der Waals surface area contributed by atoms with E-state index in [1.54, 1.807) is 6.07 Å². The summed E-state index contributed by atoms with van der Waals surface area (Å²) in [7, 11) is 3.86. The van der Waals surface area contributed by atoms with E-state index in [2.05, 4.69) is 0 Å². The van der Waals surface area contributed by atoms with Crippen molar-refractivity contribution in [3.05, 3.63) is 23.8 Å². The molecule has 5 heteroatoms. The topological polar surface area (TPSA) is 75.6 Å². The van der Waals surface area contributed by atoms with Crippen molar-refractivity contribution >= 4 is 17.3 Å². The minimum atomic E-state index is 0.0453. The van der Waals surface area contributed by atoms with Gasteiger partial charge >= 0.3 is 0 Å². The summed E-state index contributed by atoms with van der Waals surface area (Å²) >= 11 is 0. The monoisotopic (exact) mass is 262 g/mol. The molecule has 19 heavy (non-hydrogen) atoms. The molecule has 0 aromatic heterocycles. The fourth-order valence-corrected chi connectivity index (χ4v) is 2.38. The molecular weight excluding hydrogens is 240 g/mol. The summed E-state index contributed by atoms with van der Waals surface area (Å²) < 4.78 is 0. The number of amides is 1. The number of benzene rings is 1. The average Bonchev–Trinajstić information content (AvgIpc) is 2.38. The van der Waals surface area contributed by atoms with Gasteiger partial charge in [-0.2, -0.15) is 0 Å². The molecule has 0 atom stereocenters. The molecule has 1 aromatic rings. The van der Waals surface area contributed by atoms with Gasteiger partial charge in [0.05, 0.1) is 11.4 Å². The second kappa shape index (κ2) is 5.48. The number of anilines is 2. The Morgan fingerprint density at radius 1 is 1.32 bits per heavy atom. The van der Waals surface area contributed by atoms with E-state index in [0.717, 1.165) is 31.6 Å². The number of nitrogens with zero attached hydrogens (tertiary/aromatic N) is 2. The number of hydrogen-bond donors (Lipinski definition) is 2. The van der Waals surface area contributed by atoms with Crippen LogP contribution in [0.4, 0.5) is 11.4 Å². The maximum Gasteiger partial charge on any atom is 0.253 e. The summed E-state index contributed by atoms with van der Waals surface area (Å²) in [4.78, 5) is 16.1. The van der Waals surface area contributed by atoms with Crippen LogP contribution in [0, 0.1) is 0 Å². The molecule has 2 rings (SSSR count). The number of piperidine rings is 1. The summed E-state index contributed by atoms with van der Waals surface area (Å²) in [6.45, 7) is 1.46. The number of likely N-dealkylation sites (tertiary alicyclic amines) is 1. The molecule has 1 aliphatic rings. The molecule has 5 nitrogen and oxygen atoms in total. The molecule has 1 aromatic carbocycles. The van der Waals surface area contributed by atoms with E-state index < -0.39 is 0 Å². The van der Waals surface area contributed by atoms with E-state index in [-0.39, 0.29) is 11.9 Å². The average molecular weight is 262 g/mol. The zero-order valence-corrected chi connectivity index (χ0v) is 11.6. The summed E-state index contributed by atoms with van der Waals surface area (Å²) in [5, 5.41) is 0. The van der Waals surface area contributed by atoms with Crippen LogP contribution in [0.25, 0.3) is 0 Å². The highest BCUT2D eigenvalue weighted by molar-refractivity contribution is 5.96. The van der Waals surface area contributed by atoms with E-state index in [0.29, 0.717) is 11.3 Å². The molecule has 0 radical (unpaired) electrons. The molecule has 0 spiro atoms. The molecule has 1 amide bonds. The van der Waals surface area contributed by atoms with E-state index in [9.17, 15) is 4.79 Å². The molecule has 4 N–H and O–H groups in total. The lowest BCUT2D eigenvalue weighted by molar-refractivity contribution is 0.0715. The zero-order chi connectivity index (χ0) is 14.0. The van der Waals surface area contributed by atoms with Crippen molar-refractivity contribution in [3.63, 3.8) is 0 Å². The normalized spacial score (nSPS) is 16.5. The largest absolute Gasteiger partial charge is 0.397 e. The van der Waals surface area contributed by atoms with E-state index in [1.165, 1.54) is 0 Å². The maximum absolute atomic E-state index is 12.4. The van der Waals surface area contributed by atoms with Crippen molar-refractivity contribution in [1.29, 1.82) is 0 Å². The van der Waals surface area contributed by atoms with Crippen LogP contribution < -0.4 is 16.4 Å². The predicted molar refractivity (Wildman–Crippen MR) is 78.3 cm³/mol. The maximum atomic E-state index is 12.4. The summed E-state index contributed by atoms with van der Waals surface area (Å²) in [5.74, 6) is 0.0453. The molecule has 1 fully saturated rings. The van der Waals surface area contributed by atoms with Gasteiger partial charge in [-0.15, -0.1) is 0 Å². The number of nitrogen functional groups attached to an aromatic ring is 1. The van der Waals surface area contributed by atoms with Gasteiger partial charge in [0.1, 0.15) is 0 Å². The summed E-state index contributed by atoms with van der Waals surface area (Å²) in [6.07, 6.45) is 1.74. The van der Waals surface area contributed by atoms with Crippen molar-refractivity contribution in [2.45, 2.75) is 18.9 Å². The lowest BCUT2D eigenvalue weighted by Gasteiger charge is -2.30. The van der Waals surface area contributed by atoms with Crippen molar-refractivity contribution in [2.75, 3.05) is 37.8 Å². The van der Waals surface area contributed by atoms with E-state index in [4.69, 9.17) is 11.5 Å². The van der Waals surface area contributed by atoms with E-state index in [1.807, 2.05) is 36.0 Å². The zero-order valence-electron chi connectivity index (χ0n) is 11.6. The third kappa shape index (κ3) is 2.98. The lowest BCUT2D eigenvalue weighted by atomic mass is 10.0. The SMILES string of the molecule is CN(C)c1ccc(C(=O)N2CCC(N)CC2)cc1N. The van der Waals surface area contributed by atoms with Gasteiger partial charge in [-0.1, -0.05) is 0 Å². The van der Waals surface area contributed by atoms with E-state index >= 15 is 0 Å². The molecule has 1 aliphatic heterocycles. The van der Waals surface area contributed by atoms with Crippen molar-refractivity contribution in [1.82, 2.24) is 4.90 Å². The quantitative estimate of drug-likeness (QED) is 0.776. The highest BCUT2D eigenvalue weighted by atomic mass is 16.2. The van der Waals surface area contributed by atoms with Crippen molar-refractivity contribution in [3.8, 4) is 0 Å². The Balaban J connectivity index is 2.13. The van der Waals surface area contributed by atoms with Gasteiger partial charge in [-0.05, 0) is 31.0 Å². The molecule has 0 bridgehead atoms. The van der Waals surface area contributed by atoms with Crippen molar-refractivity contribution in [2.24, 2.45) is 5.73 Å². The molecule has 1 saturated heterocycles. The van der Waals surface area contributed by atoms with Crippen LogP contribution in [0.15, 0.2) is 18.2 Å². The first-order valence-electron chi connectivity index (χ1n) is 6.60.